The fourth-order valence-corrected chi connectivity index (χ4v) is 4.27. The van der Waals surface area contributed by atoms with Gasteiger partial charge in [-0.1, -0.05) is 35.9 Å². The Hall–Kier alpha value is -3.03. The van der Waals surface area contributed by atoms with Crippen molar-refractivity contribution in [2.75, 3.05) is 33.0 Å². The number of carbonyl (C=O) groups is 1. The molecule has 7 nitrogen and oxygen atoms in total. The lowest BCUT2D eigenvalue weighted by Gasteiger charge is -2.34. The molecule has 0 atom stereocenters. The minimum absolute atomic E-state index is 0.00367. The van der Waals surface area contributed by atoms with E-state index in [4.69, 9.17) is 21.1 Å². The molecule has 0 saturated carbocycles. The van der Waals surface area contributed by atoms with Crippen molar-refractivity contribution in [1.82, 2.24) is 19.6 Å². The van der Waals surface area contributed by atoms with Crippen molar-refractivity contribution in [1.29, 1.82) is 0 Å². The van der Waals surface area contributed by atoms with E-state index in [9.17, 15) is 4.79 Å². The molecule has 5 rings (SSSR count). The highest BCUT2D eigenvalue weighted by atomic mass is 35.5. The molecule has 0 aliphatic carbocycles. The molecule has 1 amide bonds. The lowest BCUT2D eigenvalue weighted by Crippen LogP contribution is -2.48. The van der Waals surface area contributed by atoms with Gasteiger partial charge in [-0.2, -0.15) is 5.10 Å². The summed E-state index contributed by atoms with van der Waals surface area (Å²) in [5, 5.41) is 5.13. The second-order valence-corrected chi connectivity index (χ2v) is 8.18. The van der Waals surface area contributed by atoms with Crippen molar-refractivity contribution in [3.63, 3.8) is 0 Å². The number of hydrogen-bond acceptors (Lipinski definition) is 5. The minimum Gasteiger partial charge on any atom is -0.454 e. The largest absolute Gasteiger partial charge is 0.454 e. The summed E-state index contributed by atoms with van der Waals surface area (Å²) < 4.78 is 12.5. The Morgan fingerprint density at radius 1 is 1.03 bits per heavy atom. The summed E-state index contributed by atoms with van der Waals surface area (Å²) in [6.45, 7) is 4.09. The maximum atomic E-state index is 13.1. The van der Waals surface area contributed by atoms with Crippen LogP contribution < -0.4 is 9.47 Å². The van der Waals surface area contributed by atoms with Crippen LogP contribution in [0, 0.1) is 0 Å². The van der Waals surface area contributed by atoms with E-state index < -0.39 is 0 Å². The van der Waals surface area contributed by atoms with Crippen molar-refractivity contribution < 1.29 is 14.3 Å². The number of carbonyl (C=O) groups excluding carboxylic acids is 1. The summed E-state index contributed by atoms with van der Waals surface area (Å²) in [5.41, 5.74) is 3.28. The van der Waals surface area contributed by atoms with Crippen LogP contribution >= 0.6 is 11.6 Å². The molecule has 0 bridgehead atoms. The fourth-order valence-electron chi connectivity index (χ4n) is 4.04. The van der Waals surface area contributed by atoms with Crippen LogP contribution in [-0.2, 0) is 13.6 Å². The topological polar surface area (TPSA) is 59.8 Å². The van der Waals surface area contributed by atoms with Crippen LogP contribution in [0.3, 0.4) is 0 Å². The Bertz CT molecular complexity index is 1120. The number of ether oxygens (including phenoxy) is 2. The molecule has 1 fully saturated rings. The van der Waals surface area contributed by atoms with E-state index in [1.165, 1.54) is 5.56 Å². The third-order valence-electron chi connectivity index (χ3n) is 5.75. The molecule has 31 heavy (non-hydrogen) atoms. The number of nitrogens with zero attached hydrogens (tertiary/aromatic N) is 4. The Labute approximate surface area is 185 Å². The van der Waals surface area contributed by atoms with Gasteiger partial charge in [0.15, 0.2) is 11.5 Å². The first kappa shape index (κ1) is 19.9. The lowest BCUT2D eigenvalue weighted by molar-refractivity contribution is 0.0617. The van der Waals surface area contributed by atoms with E-state index in [-0.39, 0.29) is 12.7 Å². The first-order valence-corrected chi connectivity index (χ1v) is 10.7. The van der Waals surface area contributed by atoms with Gasteiger partial charge in [-0.25, -0.2) is 0 Å². The van der Waals surface area contributed by atoms with Crippen LogP contribution in [-0.4, -0.2) is 58.5 Å². The molecule has 0 radical (unpaired) electrons. The van der Waals surface area contributed by atoms with Gasteiger partial charge < -0.3 is 14.4 Å². The molecule has 0 unspecified atom stereocenters. The predicted octanol–water partition coefficient (Wildman–Crippen LogP) is 3.43. The maximum Gasteiger partial charge on any atom is 0.272 e. The fraction of sp³-hybridized carbons (Fsp3) is 0.304. The highest BCUT2D eigenvalue weighted by molar-refractivity contribution is 6.33. The number of hydrogen-bond donors (Lipinski definition) is 0. The van der Waals surface area contributed by atoms with Crippen LogP contribution in [0.5, 0.6) is 11.5 Å². The van der Waals surface area contributed by atoms with Gasteiger partial charge in [-0.15, -0.1) is 0 Å². The molecule has 3 aromatic rings. The summed E-state index contributed by atoms with van der Waals surface area (Å²) in [6.07, 6.45) is 0. The zero-order valence-electron chi connectivity index (χ0n) is 17.3. The number of piperazine rings is 1. The third kappa shape index (κ3) is 3.98. The Balaban J connectivity index is 1.23. The van der Waals surface area contributed by atoms with Crippen LogP contribution in [0.15, 0.2) is 48.5 Å². The Morgan fingerprint density at radius 3 is 2.61 bits per heavy atom. The molecule has 160 valence electrons. The van der Waals surface area contributed by atoms with Crippen LogP contribution in [0.25, 0.3) is 11.3 Å². The predicted molar refractivity (Wildman–Crippen MR) is 117 cm³/mol. The smallest absolute Gasteiger partial charge is 0.272 e. The zero-order valence-corrected chi connectivity index (χ0v) is 18.0. The molecule has 0 spiro atoms. The molecular formula is C23H23ClN4O3. The lowest BCUT2D eigenvalue weighted by atomic mass is 10.1. The second kappa shape index (κ2) is 8.24. The molecule has 1 aromatic heterocycles. The molecule has 8 heteroatoms. The normalized spacial score (nSPS) is 16.0. The number of benzene rings is 2. The zero-order chi connectivity index (χ0) is 21.4. The van der Waals surface area contributed by atoms with Crippen LogP contribution in [0.1, 0.15) is 16.1 Å². The number of rotatable bonds is 4. The number of aromatic nitrogens is 2. The third-order valence-corrected chi connectivity index (χ3v) is 6.08. The van der Waals surface area contributed by atoms with Crippen molar-refractivity contribution in [3.05, 3.63) is 64.8 Å². The molecule has 3 heterocycles. The van der Waals surface area contributed by atoms with Gasteiger partial charge in [0.05, 0.1) is 10.7 Å². The maximum absolute atomic E-state index is 13.1. The van der Waals surface area contributed by atoms with E-state index in [2.05, 4.69) is 16.1 Å². The SMILES string of the molecule is Cn1nc(-c2ccccc2Cl)cc1C(=O)N1CCN(Cc2ccc3c(c2)OCO3)CC1. The van der Waals surface area contributed by atoms with Gasteiger partial charge in [0.1, 0.15) is 5.69 Å². The minimum atomic E-state index is -0.00367. The summed E-state index contributed by atoms with van der Waals surface area (Å²) in [5.74, 6) is 1.60. The number of aryl methyl sites for hydroxylation is 1. The number of amides is 1. The van der Waals surface area contributed by atoms with Crippen molar-refractivity contribution in [2.24, 2.45) is 7.05 Å². The first-order valence-electron chi connectivity index (χ1n) is 10.3. The van der Waals surface area contributed by atoms with Gasteiger partial charge in [0, 0.05) is 45.3 Å². The van der Waals surface area contributed by atoms with E-state index in [1.54, 1.807) is 11.7 Å². The molecule has 2 aliphatic heterocycles. The summed E-state index contributed by atoms with van der Waals surface area (Å²) in [4.78, 5) is 17.4. The van der Waals surface area contributed by atoms with E-state index in [0.717, 1.165) is 36.7 Å². The van der Waals surface area contributed by atoms with Gasteiger partial charge >= 0.3 is 0 Å². The number of fused-ring (bicyclic) bond motifs is 1. The van der Waals surface area contributed by atoms with Gasteiger partial charge in [-0.3, -0.25) is 14.4 Å². The van der Waals surface area contributed by atoms with Gasteiger partial charge in [0.2, 0.25) is 6.79 Å². The summed E-state index contributed by atoms with van der Waals surface area (Å²) in [7, 11) is 1.80. The van der Waals surface area contributed by atoms with Crippen LogP contribution in [0.4, 0.5) is 0 Å². The summed E-state index contributed by atoms with van der Waals surface area (Å²) in [6, 6.07) is 15.4. The Kier molecular flexibility index (Phi) is 5.29. The van der Waals surface area contributed by atoms with Crippen molar-refractivity contribution in [2.45, 2.75) is 6.54 Å². The first-order chi connectivity index (χ1) is 15.1. The average Bonchev–Trinajstić information content (AvgIpc) is 3.40. The molecular weight excluding hydrogens is 416 g/mol. The molecule has 0 N–H and O–H groups in total. The van der Waals surface area contributed by atoms with Crippen molar-refractivity contribution >= 4 is 17.5 Å². The highest BCUT2D eigenvalue weighted by Crippen LogP contribution is 2.33. The quantitative estimate of drug-likeness (QED) is 0.624. The average molecular weight is 439 g/mol. The van der Waals surface area contributed by atoms with Gasteiger partial charge in [-0.05, 0) is 29.8 Å². The second-order valence-electron chi connectivity index (χ2n) is 7.77. The van der Waals surface area contributed by atoms with E-state index in [0.29, 0.717) is 29.5 Å². The standard InChI is InChI=1S/C23H23ClN4O3/c1-26-20(13-19(25-26)17-4-2-3-5-18(17)24)23(29)28-10-8-27(9-11-28)14-16-6-7-21-22(12-16)31-15-30-21/h2-7,12-13H,8-11,14-15H2,1H3. The number of halogens is 1. The Morgan fingerprint density at radius 2 is 1.81 bits per heavy atom. The molecule has 2 aliphatic rings. The molecule has 1 saturated heterocycles. The van der Waals surface area contributed by atoms with Crippen molar-refractivity contribution in [3.8, 4) is 22.8 Å². The summed E-state index contributed by atoms with van der Waals surface area (Å²) >= 11 is 6.30. The van der Waals surface area contributed by atoms with Crippen LogP contribution in [0.2, 0.25) is 5.02 Å². The van der Waals surface area contributed by atoms with E-state index >= 15 is 0 Å². The monoisotopic (exact) mass is 438 g/mol. The van der Waals surface area contributed by atoms with E-state index in [1.807, 2.05) is 47.4 Å². The van der Waals surface area contributed by atoms with Gasteiger partial charge in [0.25, 0.3) is 5.91 Å². The highest BCUT2D eigenvalue weighted by Gasteiger charge is 2.25. The molecule has 2 aromatic carbocycles.